The molecule has 0 saturated heterocycles. The predicted octanol–water partition coefficient (Wildman–Crippen LogP) is 6.76. The van der Waals surface area contributed by atoms with Crippen molar-refractivity contribution in [1.29, 1.82) is 0 Å². The van der Waals surface area contributed by atoms with E-state index in [-0.39, 0.29) is 41.1 Å². The number of carbonyl (C=O) groups excluding carboxylic acids is 1. The molecule has 1 aliphatic carbocycles. The van der Waals surface area contributed by atoms with Gasteiger partial charge in [-0.25, -0.2) is 0 Å². The first kappa shape index (κ1) is 22.9. The smallest absolute Gasteiger partial charge is 0.229 e. The van der Waals surface area contributed by atoms with E-state index < -0.39 is 0 Å². The first-order chi connectivity index (χ1) is 14.1. The van der Waals surface area contributed by atoms with E-state index in [1.807, 2.05) is 20.8 Å². The molecular weight excluding hydrogens is 442 g/mol. The quantitative estimate of drug-likeness (QED) is 0.472. The summed E-state index contributed by atoms with van der Waals surface area (Å²) in [7, 11) is 0. The van der Waals surface area contributed by atoms with Crippen molar-refractivity contribution >= 4 is 27.5 Å². The van der Waals surface area contributed by atoms with E-state index in [9.17, 15) is 15.0 Å². The fourth-order valence-electron chi connectivity index (χ4n) is 5.07. The molecule has 164 valence electrons. The average Bonchev–Trinajstić information content (AvgIpc) is 2.70. The molecule has 4 nitrogen and oxygen atoms in total. The van der Waals surface area contributed by atoms with Crippen molar-refractivity contribution in [2.75, 3.05) is 11.4 Å². The SMILES string of the molecule is C=C(C)[C@@H]1CCC(C)=C[C@H]1c1c(O)c(Br)c2c(c1O)[C@H](CC)CCN2C(=O)C(C)C. The Balaban J connectivity index is 2.28. The van der Waals surface area contributed by atoms with Crippen LogP contribution < -0.4 is 4.90 Å². The number of amides is 1. The number of nitrogens with zero attached hydrogens (tertiary/aromatic N) is 1. The van der Waals surface area contributed by atoms with Crippen LogP contribution in [-0.4, -0.2) is 22.7 Å². The number of rotatable bonds is 4. The third kappa shape index (κ3) is 3.81. The van der Waals surface area contributed by atoms with Crippen molar-refractivity contribution in [1.82, 2.24) is 0 Å². The van der Waals surface area contributed by atoms with Gasteiger partial charge in [0.15, 0.2) is 0 Å². The van der Waals surface area contributed by atoms with Gasteiger partial charge in [-0.2, -0.15) is 0 Å². The van der Waals surface area contributed by atoms with Gasteiger partial charge in [-0.05, 0) is 67.3 Å². The van der Waals surface area contributed by atoms with E-state index in [1.165, 1.54) is 5.57 Å². The standard InChI is InChI=1S/C25H34BrNO3/c1-7-16-10-11-27(25(30)14(4)5)22-19(16)23(28)20(24(29)21(22)26)18-12-15(6)8-9-17(18)13(2)3/h12,14,16-18,28-29H,2,7-11H2,1,3-6H3/t16-,17+,18-/m1/s1. The van der Waals surface area contributed by atoms with Gasteiger partial charge in [0.05, 0.1) is 10.2 Å². The fourth-order valence-corrected chi connectivity index (χ4v) is 5.71. The molecule has 2 aliphatic rings. The van der Waals surface area contributed by atoms with E-state index in [2.05, 4.69) is 42.4 Å². The Morgan fingerprint density at radius 3 is 2.50 bits per heavy atom. The largest absolute Gasteiger partial charge is 0.507 e. The lowest BCUT2D eigenvalue weighted by Gasteiger charge is -2.39. The number of carbonyl (C=O) groups is 1. The lowest BCUT2D eigenvalue weighted by molar-refractivity contribution is -0.121. The Morgan fingerprint density at radius 2 is 1.93 bits per heavy atom. The Hall–Kier alpha value is -1.75. The van der Waals surface area contributed by atoms with E-state index in [0.29, 0.717) is 22.3 Å². The number of halogens is 1. The van der Waals surface area contributed by atoms with Gasteiger partial charge < -0.3 is 15.1 Å². The third-order valence-electron chi connectivity index (χ3n) is 6.78. The first-order valence-corrected chi connectivity index (χ1v) is 11.8. The number of aromatic hydroxyl groups is 2. The maximum atomic E-state index is 12.9. The lowest BCUT2D eigenvalue weighted by atomic mass is 9.72. The van der Waals surface area contributed by atoms with Crippen molar-refractivity contribution in [3.05, 3.63) is 39.4 Å². The molecule has 30 heavy (non-hydrogen) atoms. The summed E-state index contributed by atoms with van der Waals surface area (Å²) in [5.41, 5.74) is 4.29. The summed E-state index contributed by atoms with van der Waals surface area (Å²) < 4.78 is 0.509. The molecule has 5 heteroatoms. The van der Waals surface area contributed by atoms with Crippen LogP contribution in [-0.2, 0) is 4.79 Å². The van der Waals surface area contributed by atoms with Gasteiger partial charge >= 0.3 is 0 Å². The minimum atomic E-state index is -0.163. The number of hydrogen-bond acceptors (Lipinski definition) is 3. The fraction of sp³-hybridized carbons (Fsp3) is 0.560. The third-order valence-corrected chi connectivity index (χ3v) is 7.53. The molecule has 2 N–H and O–H groups in total. The van der Waals surface area contributed by atoms with Gasteiger partial charge in [0.25, 0.3) is 0 Å². The molecule has 0 radical (unpaired) electrons. The summed E-state index contributed by atoms with van der Waals surface area (Å²) >= 11 is 3.61. The molecule has 1 amide bonds. The minimum Gasteiger partial charge on any atom is -0.507 e. The molecule has 1 aromatic carbocycles. The van der Waals surface area contributed by atoms with Gasteiger partial charge in [-0.15, -0.1) is 0 Å². The molecule has 0 spiro atoms. The summed E-state index contributed by atoms with van der Waals surface area (Å²) in [6.07, 6.45) is 5.78. The maximum absolute atomic E-state index is 12.9. The van der Waals surface area contributed by atoms with Crippen molar-refractivity contribution in [3.8, 4) is 11.5 Å². The van der Waals surface area contributed by atoms with Crippen molar-refractivity contribution in [3.63, 3.8) is 0 Å². The minimum absolute atomic E-state index is 0.00581. The van der Waals surface area contributed by atoms with Gasteiger partial charge in [0.1, 0.15) is 11.5 Å². The van der Waals surface area contributed by atoms with E-state index in [1.54, 1.807) is 4.90 Å². The molecule has 0 unspecified atom stereocenters. The number of hydrogen-bond donors (Lipinski definition) is 2. The zero-order valence-corrected chi connectivity index (χ0v) is 20.3. The number of phenols is 2. The van der Waals surface area contributed by atoms with Gasteiger partial charge in [-0.1, -0.05) is 44.6 Å². The van der Waals surface area contributed by atoms with E-state index in [4.69, 9.17) is 0 Å². The summed E-state index contributed by atoms with van der Waals surface area (Å²) in [6, 6.07) is 0. The van der Waals surface area contributed by atoms with Gasteiger partial charge in [0.2, 0.25) is 5.91 Å². The highest BCUT2D eigenvalue weighted by Crippen LogP contribution is 2.56. The lowest BCUT2D eigenvalue weighted by Crippen LogP contribution is -2.39. The predicted molar refractivity (Wildman–Crippen MR) is 126 cm³/mol. The Morgan fingerprint density at radius 1 is 1.27 bits per heavy atom. The molecule has 0 bridgehead atoms. The first-order valence-electron chi connectivity index (χ1n) is 11.0. The molecule has 0 saturated carbocycles. The van der Waals surface area contributed by atoms with Crippen LogP contribution in [0.1, 0.15) is 83.3 Å². The molecule has 3 atom stereocenters. The Kier molecular flexibility index (Phi) is 6.71. The van der Waals surface area contributed by atoms with Crippen LogP contribution in [0.3, 0.4) is 0 Å². The van der Waals surface area contributed by atoms with Crippen molar-refractivity contribution in [2.45, 2.75) is 72.1 Å². The highest BCUT2D eigenvalue weighted by Gasteiger charge is 2.39. The van der Waals surface area contributed by atoms with Gasteiger partial charge in [0, 0.05) is 29.5 Å². The average molecular weight is 476 g/mol. The number of fused-ring (bicyclic) bond motifs is 1. The molecule has 1 aromatic rings. The highest BCUT2D eigenvalue weighted by molar-refractivity contribution is 9.10. The van der Waals surface area contributed by atoms with Crippen LogP contribution in [0, 0.1) is 11.8 Å². The molecule has 0 fully saturated rings. The maximum Gasteiger partial charge on any atom is 0.229 e. The summed E-state index contributed by atoms with van der Waals surface area (Å²) in [5.74, 6) is 0.186. The second-order valence-corrected chi connectivity index (χ2v) is 10.0. The molecule has 0 aromatic heterocycles. The monoisotopic (exact) mass is 475 g/mol. The van der Waals surface area contributed by atoms with Crippen LogP contribution >= 0.6 is 15.9 Å². The van der Waals surface area contributed by atoms with Crippen LogP contribution in [0.5, 0.6) is 11.5 Å². The molecule has 1 heterocycles. The number of benzene rings is 1. The topological polar surface area (TPSA) is 60.8 Å². The van der Waals surface area contributed by atoms with Crippen LogP contribution in [0.25, 0.3) is 0 Å². The molecule has 3 rings (SSSR count). The second kappa shape index (κ2) is 8.78. The zero-order valence-electron chi connectivity index (χ0n) is 18.8. The number of anilines is 1. The molecular formula is C25H34BrNO3. The van der Waals surface area contributed by atoms with Crippen molar-refractivity contribution in [2.24, 2.45) is 11.8 Å². The zero-order chi connectivity index (χ0) is 22.3. The summed E-state index contributed by atoms with van der Waals surface area (Å²) in [5, 5.41) is 22.8. The summed E-state index contributed by atoms with van der Waals surface area (Å²) in [4.78, 5) is 14.7. The second-order valence-electron chi connectivity index (χ2n) is 9.26. The number of phenolic OH excluding ortho intramolecular Hbond substituents is 2. The van der Waals surface area contributed by atoms with Crippen LogP contribution in [0.2, 0.25) is 0 Å². The van der Waals surface area contributed by atoms with Crippen LogP contribution in [0.15, 0.2) is 28.3 Å². The Labute approximate surface area is 188 Å². The Bertz CT molecular complexity index is 902. The van der Waals surface area contributed by atoms with Crippen molar-refractivity contribution < 1.29 is 15.0 Å². The van der Waals surface area contributed by atoms with E-state index in [0.717, 1.165) is 36.8 Å². The van der Waals surface area contributed by atoms with Crippen LogP contribution in [0.4, 0.5) is 5.69 Å². The highest BCUT2D eigenvalue weighted by atomic mass is 79.9. The number of allylic oxidation sites excluding steroid dienone is 3. The molecule has 1 aliphatic heterocycles. The normalized spacial score (nSPS) is 23.9. The summed E-state index contributed by atoms with van der Waals surface area (Å²) in [6.45, 7) is 14.8. The van der Waals surface area contributed by atoms with E-state index >= 15 is 0 Å². The van der Waals surface area contributed by atoms with Gasteiger partial charge in [-0.3, -0.25) is 4.79 Å².